The zero-order valence-electron chi connectivity index (χ0n) is 10.8. The molecule has 2 rings (SSSR count). The number of ether oxygens (including phenoxy) is 1. The van der Waals surface area contributed by atoms with Gasteiger partial charge in [0.25, 0.3) is 5.91 Å². The Morgan fingerprint density at radius 3 is 3.00 bits per heavy atom. The topological polar surface area (TPSA) is 29.5 Å². The minimum Gasteiger partial charge on any atom is -0.484 e. The highest BCUT2D eigenvalue weighted by Crippen LogP contribution is 2.22. The molecule has 0 saturated carbocycles. The minimum atomic E-state index is -0.00427. The van der Waals surface area contributed by atoms with Crippen LogP contribution in [-0.4, -0.2) is 35.9 Å². The van der Waals surface area contributed by atoms with Crippen molar-refractivity contribution in [3.63, 3.8) is 0 Å². The molecule has 1 aliphatic heterocycles. The summed E-state index contributed by atoms with van der Waals surface area (Å²) in [4.78, 5) is 13.8. The Morgan fingerprint density at radius 1 is 1.53 bits per heavy atom. The molecule has 5 heteroatoms. The monoisotopic (exact) mass is 301 g/mol. The van der Waals surface area contributed by atoms with Crippen LogP contribution in [0.15, 0.2) is 24.3 Å². The zero-order chi connectivity index (χ0) is 13.8. The summed E-state index contributed by atoms with van der Waals surface area (Å²) in [7, 11) is 0. The third-order valence-electron chi connectivity index (χ3n) is 3.31. The molecule has 1 fully saturated rings. The van der Waals surface area contributed by atoms with Crippen LogP contribution in [0, 0.1) is 5.92 Å². The van der Waals surface area contributed by atoms with Gasteiger partial charge in [0, 0.05) is 23.5 Å². The van der Waals surface area contributed by atoms with Gasteiger partial charge in [-0.15, -0.1) is 11.6 Å². The van der Waals surface area contributed by atoms with Gasteiger partial charge in [0.1, 0.15) is 5.75 Å². The van der Waals surface area contributed by atoms with Crippen molar-refractivity contribution in [2.75, 3.05) is 19.7 Å². The molecule has 2 atom stereocenters. The number of piperidine rings is 1. The molecule has 1 heterocycles. The van der Waals surface area contributed by atoms with E-state index in [2.05, 4.69) is 6.92 Å². The molecule has 1 aromatic rings. The predicted molar refractivity (Wildman–Crippen MR) is 76.9 cm³/mol. The SMILES string of the molecule is CC1CN(C(=O)COc2cccc(Cl)c2)CCC1Cl. The lowest BCUT2D eigenvalue weighted by Gasteiger charge is -2.34. The number of carbonyl (C=O) groups is 1. The maximum Gasteiger partial charge on any atom is 0.260 e. The van der Waals surface area contributed by atoms with Gasteiger partial charge in [0.05, 0.1) is 0 Å². The van der Waals surface area contributed by atoms with E-state index < -0.39 is 0 Å². The fourth-order valence-electron chi connectivity index (χ4n) is 2.14. The summed E-state index contributed by atoms with van der Waals surface area (Å²) in [6.07, 6.45) is 0.839. The van der Waals surface area contributed by atoms with Crippen molar-refractivity contribution >= 4 is 29.1 Å². The van der Waals surface area contributed by atoms with Crippen LogP contribution in [-0.2, 0) is 4.79 Å². The van der Waals surface area contributed by atoms with Crippen LogP contribution in [0.2, 0.25) is 5.02 Å². The van der Waals surface area contributed by atoms with Crippen molar-refractivity contribution in [2.24, 2.45) is 5.92 Å². The number of halogens is 2. The van der Waals surface area contributed by atoms with Gasteiger partial charge < -0.3 is 9.64 Å². The highest BCUT2D eigenvalue weighted by atomic mass is 35.5. The Kier molecular flexibility index (Phi) is 4.94. The van der Waals surface area contributed by atoms with E-state index in [0.29, 0.717) is 29.8 Å². The largest absolute Gasteiger partial charge is 0.484 e. The number of likely N-dealkylation sites (tertiary alicyclic amines) is 1. The summed E-state index contributed by atoms with van der Waals surface area (Å²) in [5, 5.41) is 0.763. The van der Waals surface area contributed by atoms with Gasteiger partial charge in [-0.05, 0) is 30.5 Å². The average molecular weight is 302 g/mol. The van der Waals surface area contributed by atoms with Crippen LogP contribution in [0.5, 0.6) is 5.75 Å². The number of amides is 1. The van der Waals surface area contributed by atoms with Crippen LogP contribution < -0.4 is 4.74 Å². The number of carbonyl (C=O) groups excluding carboxylic acids is 1. The third-order valence-corrected chi connectivity index (χ3v) is 4.20. The fourth-order valence-corrected chi connectivity index (χ4v) is 2.49. The van der Waals surface area contributed by atoms with Gasteiger partial charge >= 0.3 is 0 Å². The Bertz CT molecular complexity index is 453. The quantitative estimate of drug-likeness (QED) is 0.803. The highest BCUT2D eigenvalue weighted by molar-refractivity contribution is 6.30. The zero-order valence-corrected chi connectivity index (χ0v) is 12.3. The first-order valence-electron chi connectivity index (χ1n) is 6.36. The normalized spacial score (nSPS) is 23.2. The van der Waals surface area contributed by atoms with E-state index >= 15 is 0 Å². The van der Waals surface area contributed by atoms with E-state index in [1.54, 1.807) is 24.3 Å². The second-order valence-corrected chi connectivity index (χ2v) is 5.86. The van der Waals surface area contributed by atoms with Crippen molar-refractivity contribution in [2.45, 2.75) is 18.7 Å². The molecule has 1 aromatic carbocycles. The Balaban J connectivity index is 1.84. The van der Waals surface area contributed by atoms with E-state index in [0.717, 1.165) is 6.42 Å². The molecule has 0 radical (unpaired) electrons. The Morgan fingerprint density at radius 2 is 2.32 bits per heavy atom. The Labute approximate surface area is 123 Å². The molecule has 1 amide bonds. The lowest BCUT2D eigenvalue weighted by atomic mass is 10.00. The van der Waals surface area contributed by atoms with Gasteiger partial charge in [-0.1, -0.05) is 24.6 Å². The number of rotatable bonds is 3. The van der Waals surface area contributed by atoms with Gasteiger partial charge in [-0.3, -0.25) is 4.79 Å². The van der Waals surface area contributed by atoms with Crippen LogP contribution in [0.25, 0.3) is 0 Å². The van der Waals surface area contributed by atoms with Crippen molar-refractivity contribution < 1.29 is 9.53 Å². The number of nitrogens with zero attached hydrogens (tertiary/aromatic N) is 1. The first kappa shape index (κ1) is 14.5. The average Bonchev–Trinajstić information content (AvgIpc) is 2.39. The minimum absolute atomic E-state index is 0.00427. The first-order chi connectivity index (χ1) is 9.06. The smallest absolute Gasteiger partial charge is 0.260 e. The molecule has 0 aliphatic carbocycles. The standard InChI is InChI=1S/C14H17Cl2NO2/c1-10-8-17(6-5-13(10)16)14(18)9-19-12-4-2-3-11(15)7-12/h2-4,7,10,13H,5-6,8-9H2,1H3. The van der Waals surface area contributed by atoms with Gasteiger partial charge in [-0.2, -0.15) is 0 Å². The van der Waals surface area contributed by atoms with E-state index in [4.69, 9.17) is 27.9 Å². The summed E-state index contributed by atoms with van der Waals surface area (Å²) in [5.74, 6) is 0.932. The van der Waals surface area contributed by atoms with Gasteiger partial charge in [-0.25, -0.2) is 0 Å². The first-order valence-corrected chi connectivity index (χ1v) is 7.18. The maximum atomic E-state index is 12.0. The second-order valence-electron chi connectivity index (χ2n) is 4.87. The third kappa shape index (κ3) is 4.02. The van der Waals surface area contributed by atoms with E-state index in [1.165, 1.54) is 0 Å². The van der Waals surface area contributed by atoms with E-state index in [1.807, 2.05) is 4.90 Å². The van der Waals surface area contributed by atoms with Crippen molar-refractivity contribution in [1.29, 1.82) is 0 Å². The summed E-state index contributed by atoms with van der Waals surface area (Å²) >= 11 is 12.0. The van der Waals surface area contributed by atoms with E-state index in [9.17, 15) is 4.79 Å². The molecular weight excluding hydrogens is 285 g/mol. The van der Waals surface area contributed by atoms with Crippen molar-refractivity contribution in [3.05, 3.63) is 29.3 Å². The highest BCUT2D eigenvalue weighted by Gasteiger charge is 2.27. The molecule has 2 unspecified atom stereocenters. The van der Waals surface area contributed by atoms with Crippen molar-refractivity contribution in [1.82, 2.24) is 4.90 Å². The molecule has 1 aliphatic rings. The van der Waals surface area contributed by atoms with Crippen LogP contribution in [0.3, 0.4) is 0 Å². The summed E-state index contributed by atoms with van der Waals surface area (Å²) in [6, 6.07) is 7.04. The molecule has 3 nitrogen and oxygen atoms in total. The number of alkyl halides is 1. The van der Waals surface area contributed by atoms with Crippen molar-refractivity contribution in [3.8, 4) is 5.75 Å². The number of hydrogen-bond donors (Lipinski definition) is 0. The molecule has 1 saturated heterocycles. The predicted octanol–water partition coefficient (Wildman–Crippen LogP) is 3.19. The lowest BCUT2D eigenvalue weighted by Crippen LogP contribution is -2.45. The molecule has 0 aromatic heterocycles. The summed E-state index contributed by atoms with van der Waals surface area (Å²) in [5.41, 5.74) is 0. The van der Waals surface area contributed by atoms with Crippen LogP contribution >= 0.6 is 23.2 Å². The summed E-state index contributed by atoms with van der Waals surface area (Å²) < 4.78 is 5.46. The second kappa shape index (κ2) is 6.49. The lowest BCUT2D eigenvalue weighted by molar-refractivity contribution is -0.135. The molecule has 19 heavy (non-hydrogen) atoms. The van der Waals surface area contributed by atoms with Gasteiger partial charge in [0.15, 0.2) is 6.61 Å². The number of benzene rings is 1. The molecule has 0 N–H and O–H groups in total. The van der Waals surface area contributed by atoms with E-state index in [-0.39, 0.29) is 17.9 Å². The number of hydrogen-bond acceptors (Lipinski definition) is 2. The Hall–Kier alpha value is -0.930. The van der Waals surface area contributed by atoms with Gasteiger partial charge in [0.2, 0.25) is 0 Å². The fraction of sp³-hybridized carbons (Fsp3) is 0.500. The molecular formula is C14H17Cl2NO2. The molecule has 0 bridgehead atoms. The van der Waals surface area contributed by atoms with Crippen LogP contribution in [0.1, 0.15) is 13.3 Å². The molecule has 104 valence electrons. The molecule has 0 spiro atoms. The summed E-state index contributed by atoms with van der Waals surface area (Å²) in [6.45, 7) is 3.51. The maximum absolute atomic E-state index is 12.0. The van der Waals surface area contributed by atoms with Crippen LogP contribution in [0.4, 0.5) is 0 Å².